The zero-order valence-electron chi connectivity index (χ0n) is 12.7. The SMILES string of the molecule is CCNCC(C)C(C)N1CCc2ccccc2CC1. The van der Waals surface area contributed by atoms with Gasteiger partial charge in [0.05, 0.1) is 0 Å². The van der Waals surface area contributed by atoms with E-state index in [4.69, 9.17) is 0 Å². The van der Waals surface area contributed by atoms with Crippen LogP contribution in [0.2, 0.25) is 0 Å². The third-order valence-electron chi connectivity index (χ3n) is 4.57. The minimum Gasteiger partial charge on any atom is -0.317 e. The van der Waals surface area contributed by atoms with Gasteiger partial charge in [0.1, 0.15) is 0 Å². The summed E-state index contributed by atoms with van der Waals surface area (Å²) >= 11 is 0. The number of hydrogen-bond donors (Lipinski definition) is 1. The Hall–Kier alpha value is -0.860. The zero-order valence-corrected chi connectivity index (χ0v) is 12.7. The monoisotopic (exact) mass is 260 g/mol. The van der Waals surface area contributed by atoms with Gasteiger partial charge in [-0.15, -0.1) is 0 Å². The quantitative estimate of drug-likeness (QED) is 0.876. The fraction of sp³-hybridized carbons (Fsp3) is 0.647. The molecule has 0 saturated carbocycles. The molecule has 0 amide bonds. The third-order valence-corrected chi connectivity index (χ3v) is 4.57. The van der Waals surface area contributed by atoms with Gasteiger partial charge in [-0.25, -0.2) is 0 Å². The number of fused-ring (bicyclic) bond motifs is 1. The van der Waals surface area contributed by atoms with Gasteiger partial charge in [-0.1, -0.05) is 38.1 Å². The predicted octanol–water partition coefficient (Wildman–Crippen LogP) is 2.72. The Morgan fingerprint density at radius 2 is 1.68 bits per heavy atom. The number of rotatable bonds is 5. The molecular formula is C17H28N2. The lowest BCUT2D eigenvalue weighted by Crippen LogP contribution is -2.42. The van der Waals surface area contributed by atoms with E-state index in [2.05, 4.69) is 55.3 Å². The van der Waals surface area contributed by atoms with Crippen LogP contribution in [0.4, 0.5) is 0 Å². The van der Waals surface area contributed by atoms with Crippen LogP contribution in [0.15, 0.2) is 24.3 Å². The summed E-state index contributed by atoms with van der Waals surface area (Å²) in [6.45, 7) is 11.5. The smallest absolute Gasteiger partial charge is 0.0105 e. The lowest BCUT2D eigenvalue weighted by molar-refractivity contribution is 0.167. The first-order valence-corrected chi connectivity index (χ1v) is 7.74. The van der Waals surface area contributed by atoms with Gasteiger partial charge in [0.25, 0.3) is 0 Å². The van der Waals surface area contributed by atoms with Crippen molar-refractivity contribution < 1.29 is 0 Å². The van der Waals surface area contributed by atoms with E-state index < -0.39 is 0 Å². The Labute approximate surface area is 118 Å². The van der Waals surface area contributed by atoms with Crippen molar-refractivity contribution in [3.05, 3.63) is 35.4 Å². The van der Waals surface area contributed by atoms with E-state index in [9.17, 15) is 0 Å². The van der Waals surface area contributed by atoms with Crippen molar-refractivity contribution in [2.24, 2.45) is 5.92 Å². The first-order valence-electron chi connectivity index (χ1n) is 7.74. The van der Waals surface area contributed by atoms with Crippen molar-refractivity contribution in [3.8, 4) is 0 Å². The number of benzene rings is 1. The molecule has 1 aliphatic heterocycles. The minimum atomic E-state index is 0.661. The number of nitrogens with zero attached hydrogens (tertiary/aromatic N) is 1. The Balaban J connectivity index is 1.93. The number of nitrogens with one attached hydrogen (secondary N) is 1. The zero-order chi connectivity index (χ0) is 13.7. The summed E-state index contributed by atoms with van der Waals surface area (Å²) in [6, 6.07) is 9.60. The molecule has 0 bridgehead atoms. The second-order valence-corrected chi connectivity index (χ2v) is 5.83. The van der Waals surface area contributed by atoms with Crippen LogP contribution in [-0.2, 0) is 12.8 Å². The van der Waals surface area contributed by atoms with Crippen molar-refractivity contribution in [1.29, 1.82) is 0 Å². The van der Waals surface area contributed by atoms with Gasteiger partial charge < -0.3 is 5.32 Å². The van der Waals surface area contributed by atoms with Crippen molar-refractivity contribution in [2.75, 3.05) is 26.2 Å². The summed E-state index contributed by atoms with van der Waals surface area (Å²) < 4.78 is 0. The van der Waals surface area contributed by atoms with Crippen LogP contribution in [0.25, 0.3) is 0 Å². The lowest BCUT2D eigenvalue weighted by atomic mass is 10.0. The molecule has 0 saturated heterocycles. The van der Waals surface area contributed by atoms with Gasteiger partial charge in [0.2, 0.25) is 0 Å². The van der Waals surface area contributed by atoms with E-state index in [0.717, 1.165) is 13.1 Å². The molecule has 1 aromatic carbocycles. The molecule has 106 valence electrons. The van der Waals surface area contributed by atoms with Gasteiger partial charge in [0.15, 0.2) is 0 Å². The molecule has 1 aromatic rings. The molecule has 19 heavy (non-hydrogen) atoms. The molecule has 2 nitrogen and oxygen atoms in total. The summed E-state index contributed by atoms with van der Waals surface area (Å²) in [5, 5.41) is 3.47. The summed E-state index contributed by atoms with van der Waals surface area (Å²) in [6.07, 6.45) is 2.41. The van der Waals surface area contributed by atoms with Crippen LogP contribution in [0.5, 0.6) is 0 Å². The average Bonchev–Trinajstić information content (AvgIpc) is 2.66. The van der Waals surface area contributed by atoms with Crippen LogP contribution in [0, 0.1) is 5.92 Å². The van der Waals surface area contributed by atoms with Gasteiger partial charge in [-0.05, 0) is 49.9 Å². The van der Waals surface area contributed by atoms with Crippen molar-refractivity contribution in [3.63, 3.8) is 0 Å². The van der Waals surface area contributed by atoms with Crippen molar-refractivity contribution in [2.45, 2.75) is 39.7 Å². The normalized spacial score (nSPS) is 19.5. The largest absolute Gasteiger partial charge is 0.317 e. The summed E-state index contributed by atoms with van der Waals surface area (Å²) in [4.78, 5) is 2.67. The van der Waals surface area contributed by atoms with Gasteiger partial charge in [-0.2, -0.15) is 0 Å². The Morgan fingerprint density at radius 1 is 1.11 bits per heavy atom. The molecule has 2 atom stereocenters. The highest BCUT2D eigenvalue weighted by Crippen LogP contribution is 2.19. The van der Waals surface area contributed by atoms with E-state index >= 15 is 0 Å². The Morgan fingerprint density at radius 3 is 2.21 bits per heavy atom. The predicted molar refractivity (Wildman–Crippen MR) is 82.6 cm³/mol. The molecule has 1 aliphatic rings. The maximum Gasteiger partial charge on any atom is 0.0105 e. The highest BCUT2D eigenvalue weighted by Gasteiger charge is 2.22. The number of hydrogen-bond acceptors (Lipinski definition) is 2. The third kappa shape index (κ3) is 3.80. The highest BCUT2D eigenvalue weighted by molar-refractivity contribution is 5.28. The van der Waals surface area contributed by atoms with E-state index in [1.165, 1.54) is 25.9 Å². The standard InChI is InChI=1S/C17H28N2/c1-4-18-13-14(2)15(3)19-11-9-16-7-5-6-8-17(16)10-12-19/h5-8,14-15,18H,4,9-13H2,1-3H3. The fourth-order valence-corrected chi connectivity index (χ4v) is 2.99. The van der Waals surface area contributed by atoms with Gasteiger partial charge >= 0.3 is 0 Å². The first kappa shape index (κ1) is 14.5. The van der Waals surface area contributed by atoms with Gasteiger partial charge in [0, 0.05) is 19.1 Å². The average molecular weight is 260 g/mol. The molecule has 0 fully saturated rings. The molecule has 1 heterocycles. The van der Waals surface area contributed by atoms with E-state index in [-0.39, 0.29) is 0 Å². The lowest BCUT2D eigenvalue weighted by Gasteiger charge is -2.32. The van der Waals surface area contributed by atoms with Crippen molar-refractivity contribution >= 4 is 0 Å². The Kier molecular flexibility index (Phi) is 5.41. The first-order chi connectivity index (χ1) is 9.22. The minimum absolute atomic E-state index is 0.661. The second-order valence-electron chi connectivity index (χ2n) is 5.83. The summed E-state index contributed by atoms with van der Waals surface area (Å²) in [7, 11) is 0. The molecule has 2 rings (SSSR count). The van der Waals surface area contributed by atoms with Crippen LogP contribution in [-0.4, -0.2) is 37.1 Å². The fourth-order valence-electron chi connectivity index (χ4n) is 2.99. The Bertz CT molecular complexity index is 362. The topological polar surface area (TPSA) is 15.3 Å². The molecule has 0 aliphatic carbocycles. The maximum absolute atomic E-state index is 3.47. The van der Waals surface area contributed by atoms with Crippen LogP contribution < -0.4 is 5.32 Å². The van der Waals surface area contributed by atoms with E-state index in [1.54, 1.807) is 11.1 Å². The van der Waals surface area contributed by atoms with Gasteiger partial charge in [-0.3, -0.25) is 4.90 Å². The molecule has 0 radical (unpaired) electrons. The highest BCUT2D eigenvalue weighted by atomic mass is 15.2. The molecule has 0 aromatic heterocycles. The molecule has 0 spiro atoms. The molecule has 1 N–H and O–H groups in total. The van der Waals surface area contributed by atoms with Crippen LogP contribution in [0.3, 0.4) is 0 Å². The second kappa shape index (κ2) is 7.06. The van der Waals surface area contributed by atoms with E-state index in [1.807, 2.05) is 0 Å². The summed E-state index contributed by atoms with van der Waals surface area (Å²) in [5.41, 5.74) is 3.10. The van der Waals surface area contributed by atoms with Crippen LogP contribution >= 0.6 is 0 Å². The van der Waals surface area contributed by atoms with Crippen LogP contribution in [0.1, 0.15) is 31.9 Å². The van der Waals surface area contributed by atoms with Crippen molar-refractivity contribution in [1.82, 2.24) is 10.2 Å². The molecule has 2 heteroatoms. The maximum atomic E-state index is 3.47. The summed E-state index contributed by atoms with van der Waals surface area (Å²) in [5.74, 6) is 0.709. The molecular weight excluding hydrogens is 232 g/mol. The molecule has 2 unspecified atom stereocenters. The van der Waals surface area contributed by atoms with E-state index in [0.29, 0.717) is 12.0 Å².